The predicted molar refractivity (Wildman–Crippen MR) is 70.0 cm³/mol. The van der Waals surface area contributed by atoms with Crippen molar-refractivity contribution in [2.45, 2.75) is 19.3 Å². The lowest BCUT2D eigenvalue weighted by Crippen LogP contribution is -2.14. The van der Waals surface area contributed by atoms with E-state index in [0.29, 0.717) is 36.2 Å². The van der Waals surface area contributed by atoms with Crippen LogP contribution >= 0.6 is 0 Å². The van der Waals surface area contributed by atoms with Gasteiger partial charge in [0.25, 0.3) is 0 Å². The van der Waals surface area contributed by atoms with Crippen LogP contribution in [0.1, 0.15) is 39.3 Å². The molecule has 2 aromatic rings. The largest absolute Gasteiger partial charge is 0.478 e. The van der Waals surface area contributed by atoms with E-state index in [2.05, 4.69) is 0 Å². The van der Waals surface area contributed by atoms with Gasteiger partial charge in [-0.3, -0.25) is 4.79 Å². The normalized spacial score (nSPS) is 14.2. The van der Waals surface area contributed by atoms with E-state index in [9.17, 15) is 19.1 Å². The van der Waals surface area contributed by atoms with Gasteiger partial charge in [0.2, 0.25) is 0 Å². The Kier molecular flexibility index (Phi) is 2.89. The molecule has 0 bridgehead atoms. The maximum atomic E-state index is 13.0. The van der Waals surface area contributed by atoms with Gasteiger partial charge in [-0.05, 0) is 37.1 Å². The number of Topliss-reactive ketones (excluding diaryl/α,β-unsaturated/α-hetero) is 1. The highest BCUT2D eigenvalue weighted by atomic mass is 19.1. The molecule has 1 heterocycles. The molecule has 0 aliphatic heterocycles. The van der Waals surface area contributed by atoms with E-state index >= 15 is 0 Å². The number of aromatic nitrogens is 1. The van der Waals surface area contributed by atoms with Crippen LogP contribution in [0.5, 0.6) is 0 Å². The van der Waals surface area contributed by atoms with Crippen LogP contribution in [-0.4, -0.2) is 21.4 Å². The fourth-order valence-corrected chi connectivity index (χ4v) is 2.64. The minimum Gasteiger partial charge on any atom is -0.478 e. The molecule has 1 aliphatic carbocycles. The van der Waals surface area contributed by atoms with Gasteiger partial charge in [-0.1, -0.05) is 0 Å². The van der Waals surface area contributed by atoms with Crippen LogP contribution in [0.3, 0.4) is 0 Å². The van der Waals surface area contributed by atoms with Gasteiger partial charge in [-0.25, -0.2) is 9.18 Å². The predicted octanol–water partition coefficient (Wildman–Crippen LogP) is 2.83. The molecule has 1 aromatic heterocycles. The van der Waals surface area contributed by atoms with Crippen molar-refractivity contribution >= 4 is 11.8 Å². The van der Waals surface area contributed by atoms with Crippen LogP contribution in [0, 0.1) is 5.82 Å². The zero-order valence-corrected chi connectivity index (χ0v) is 10.6. The first-order chi connectivity index (χ1) is 9.58. The summed E-state index contributed by atoms with van der Waals surface area (Å²) >= 11 is 0. The molecule has 0 amide bonds. The van der Waals surface area contributed by atoms with Gasteiger partial charge in [0.15, 0.2) is 5.78 Å². The number of aromatic carboxylic acids is 1. The Labute approximate surface area is 114 Å². The molecule has 4 nitrogen and oxygen atoms in total. The molecule has 0 saturated carbocycles. The molecule has 102 valence electrons. The van der Waals surface area contributed by atoms with Crippen LogP contribution in [-0.2, 0) is 6.42 Å². The van der Waals surface area contributed by atoms with Crippen molar-refractivity contribution in [1.82, 2.24) is 4.57 Å². The molecular formula is C15H12FNO3. The minimum absolute atomic E-state index is 0.0222. The first kappa shape index (κ1) is 12.6. The number of benzene rings is 1. The third kappa shape index (κ3) is 1.91. The molecular weight excluding hydrogens is 261 g/mol. The van der Waals surface area contributed by atoms with Gasteiger partial charge in [0.1, 0.15) is 5.82 Å². The summed E-state index contributed by atoms with van der Waals surface area (Å²) in [7, 11) is 0. The quantitative estimate of drug-likeness (QED) is 0.915. The van der Waals surface area contributed by atoms with Crippen molar-refractivity contribution in [2.24, 2.45) is 0 Å². The Morgan fingerprint density at radius 2 is 1.90 bits per heavy atom. The summed E-state index contributed by atoms with van der Waals surface area (Å²) < 4.78 is 14.7. The number of rotatable bonds is 2. The standard InChI is InChI=1S/C15H12FNO3/c16-9-4-6-10(7-5-9)17-8-11(15(19)20)14-12(17)2-1-3-13(14)18/h4-8H,1-3H2,(H,19,20). The zero-order chi connectivity index (χ0) is 14.3. The van der Waals surface area contributed by atoms with Crippen LogP contribution in [0.4, 0.5) is 4.39 Å². The van der Waals surface area contributed by atoms with Crippen LogP contribution in [0.25, 0.3) is 5.69 Å². The van der Waals surface area contributed by atoms with Gasteiger partial charge in [-0.15, -0.1) is 0 Å². The number of fused-ring (bicyclic) bond motifs is 1. The van der Waals surface area contributed by atoms with Crippen molar-refractivity contribution < 1.29 is 19.1 Å². The van der Waals surface area contributed by atoms with Crippen molar-refractivity contribution in [3.05, 3.63) is 53.1 Å². The maximum absolute atomic E-state index is 13.0. The molecule has 0 atom stereocenters. The number of halogens is 1. The lowest BCUT2D eigenvalue weighted by molar-refractivity contribution is 0.0691. The van der Waals surface area contributed by atoms with Crippen molar-refractivity contribution in [1.29, 1.82) is 0 Å². The van der Waals surface area contributed by atoms with Gasteiger partial charge < -0.3 is 9.67 Å². The molecule has 20 heavy (non-hydrogen) atoms. The van der Waals surface area contributed by atoms with E-state index in [-0.39, 0.29) is 17.2 Å². The zero-order valence-electron chi connectivity index (χ0n) is 10.6. The maximum Gasteiger partial charge on any atom is 0.338 e. The molecule has 0 radical (unpaired) electrons. The Hall–Kier alpha value is -2.43. The highest BCUT2D eigenvalue weighted by molar-refractivity contribution is 6.07. The van der Waals surface area contributed by atoms with E-state index in [0.717, 1.165) is 0 Å². The van der Waals surface area contributed by atoms with E-state index in [1.807, 2.05) is 0 Å². The monoisotopic (exact) mass is 273 g/mol. The van der Waals surface area contributed by atoms with Gasteiger partial charge in [-0.2, -0.15) is 0 Å². The van der Waals surface area contributed by atoms with Crippen LogP contribution < -0.4 is 0 Å². The number of carboxylic acid groups (broad SMARTS) is 1. The minimum atomic E-state index is -1.11. The number of carboxylic acids is 1. The number of nitrogens with zero attached hydrogens (tertiary/aromatic N) is 1. The highest BCUT2D eigenvalue weighted by Crippen LogP contribution is 2.29. The molecule has 1 N–H and O–H groups in total. The van der Waals surface area contributed by atoms with Crippen molar-refractivity contribution in [2.75, 3.05) is 0 Å². The molecule has 1 aromatic carbocycles. The third-order valence-electron chi connectivity index (χ3n) is 3.54. The topological polar surface area (TPSA) is 59.3 Å². The fraction of sp³-hybridized carbons (Fsp3) is 0.200. The van der Waals surface area contributed by atoms with E-state index < -0.39 is 5.97 Å². The first-order valence-electron chi connectivity index (χ1n) is 6.34. The Morgan fingerprint density at radius 1 is 1.20 bits per heavy atom. The molecule has 0 saturated heterocycles. The fourth-order valence-electron chi connectivity index (χ4n) is 2.64. The summed E-state index contributed by atoms with van der Waals surface area (Å²) in [5.74, 6) is -1.61. The van der Waals surface area contributed by atoms with E-state index in [1.54, 1.807) is 16.7 Å². The number of hydrogen-bond acceptors (Lipinski definition) is 2. The summed E-state index contributed by atoms with van der Waals surface area (Å²) in [5.41, 5.74) is 1.68. The summed E-state index contributed by atoms with van der Waals surface area (Å²) in [5, 5.41) is 9.24. The number of hydrogen-bond donors (Lipinski definition) is 1. The number of carbonyl (C=O) groups is 2. The highest BCUT2D eigenvalue weighted by Gasteiger charge is 2.28. The molecule has 1 aliphatic rings. The van der Waals surface area contributed by atoms with E-state index in [1.165, 1.54) is 18.3 Å². The van der Waals surface area contributed by atoms with Crippen molar-refractivity contribution in [3.63, 3.8) is 0 Å². The van der Waals surface area contributed by atoms with Crippen LogP contribution in [0.15, 0.2) is 30.5 Å². The van der Waals surface area contributed by atoms with Gasteiger partial charge in [0.05, 0.1) is 11.1 Å². The second-order valence-electron chi connectivity index (χ2n) is 4.79. The van der Waals surface area contributed by atoms with Crippen LogP contribution in [0.2, 0.25) is 0 Å². The second kappa shape index (κ2) is 4.59. The first-order valence-corrected chi connectivity index (χ1v) is 6.34. The summed E-state index contributed by atoms with van der Waals surface area (Å²) in [6, 6.07) is 5.76. The molecule has 0 unspecified atom stereocenters. The third-order valence-corrected chi connectivity index (χ3v) is 3.54. The van der Waals surface area contributed by atoms with E-state index in [4.69, 9.17) is 0 Å². The van der Waals surface area contributed by atoms with Gasteiger partial charge >= 0.3 is 5.97 Å². The summed E-state index contributed by atoms with van der Waals surface area (Å²) in [6.45, 7) is 0. The summed E-state index contributed by atoms with van der Waals surface area (Å²) in [6.07, 6.45) is 3.17. The molecule has 0 spiro atoms. The Morgan fingerprint density at radius 3 is 2.55 bits per heavy atom. The molecule has 5 heteroatoms. The number of ketones is 1. The Balaban J connectivity index is 2.22. The van der Waals surface area contributed by atoms with Gasteiger partial charge in [0, 0.05) is 24.0 Å². The molecule has 3 rings (SSSR count). The lowest BCUT2D eigenvalue weighted by atomic mass is 9.93. The lowest BCUT2D eigenvalue weighted by Gasteiger charge is -2.15. The smallest absolute Gasteiger partial charge is 0.338 e. The molecule has 0 fully saturated rings. The Bertz CT molecular complexity index is 701. The average Bonchev–Trinajstić information content (AvgIpc) is 2.81. The average molecular weight is 273 g/mol. The number of carbonyl (C=O) groups excluding carboxylic acids is 1. The SMILES string of the molecule is O=C(O)c1cn(-c2ccc(F)cc2)c2c1C(=O)CCC2. The van der Waals surface area contributed by atoms with Crippen molar-refractivity contribution in [3.8, 4) is 5.69 Å². The second-order valence-corrected chi connectivity index (χ2v) is 4.79. The summed E-state index contributed by atoms with van der Waals surface area (Å²) in [4.78, 5) is 23.3.